The van der Waals surface area contributed by atoms with Crippen LogP contribution >= 0.6 is 0 Å². The van der Waals surface area contributed by atoms with Crippen LogP contribution in [0.25, 0.3) is 0 Å². The molecule has 1 saturated carbocycles. The monoisotopic (exact) mass is 488 g/mol. The standard InChI is InChI=1S/C25H36N4O6/c1-18-5-7-20(8-6-18)35-21-9-12-26-19(13-21)14-25(34-17-32-3)22(29(16-31-2)23(25)30)15-33-24-27-10-4-11-28-24/h4,9-13,18,20,22-23,30H,5-8,14-17H2,1-3H3/t18?,20?,22-,23?,25+/m0/s1. The van der Waals surface area contributed by atoms with Crippen molar-refractivity contribution in [2.24, 2.45) is 5.92 Å². The molecule has 192 valence electrons. The molecule has 0 spiro atoms. The summed E-state index contributed by atoms with van der Waals surface area (Å²) in [5.41, 5.74) is -0.283. The second-order valence-corrected chi connectivity index (χ2v) is 9.33. The number of pyridine rings is 1. The summed E-state index contributed by atoms with van der Waals surface area (Å²) in [6.07, 6.45) is 9.06. The van der Waals surface area contributed by atoms with Gasteiger partial charge in [-0.15, -0.1) is 0 Å². The van der Waals surface area contributed by atoms with E-state index in [0.29, 0.717) is 6.42 Å². The summed E-state index contributed by atoms with van der Waals surface area (Å²) in [6.45, 7) is 2.69. The number of rotatable bonds is 12. The Hall–Kier alpha value is -2.37. The third-order valence-corrected chi connectivity index (χ3v) is 6.86. The lowest BCUT2D eigenvalue weighted by atomic mass is 9.77. The van der Waals surface area contributed by atoms with Crippen molar-refractivity contribution in [3.63, 3.8) is 0 Å². The number of aliphatic hydroxyl groups is 1. The van der Waals surface area contributed by atoms with Crippen molar-refractivity contribution in [2.75, 3.05) is 34.4 Å². The third kappa shape index (κ3) is 6.07. The van der Waals surface area contributed by atoms with Crippen LogP contribution in [-0.2, 0) is 20.6 Å². The Bertz CT molecular complexity index is 914. The molecule has 2 aromatic heterocycles. The van der Waals surface area contributed by atoms with Crippen LogP contribution < -0.4 is 9.47 Å². The number of hydrogen-bond donors (Lipinski definition) is 1. The fraction of sp³-hybridized carbons (Fsp3) is 0.640. The Balaban J connectivity index is 1.51. The van der Waals surface area contributed by atoms with Crippen LogP contribution in [0, 0.1) is 5.92 Å². The van der Waals surface area contributed by atoms with E-state index in [1.807, 2.05) is 12.1 Å². The lowest BCUT2D eigenvalue weighted by molar-refractivity contribution is -0.333. The highest BCUT2D eigenvalue weighted by atomic mass is 16.7. The maximum absolute atomic E-state index is 11.2. The van der Waals surface area contributed by atoms with Crippen LogP contribution in [0.15, 0.2) is 36.8 Å². The van der Waals surface area contributed by atoms with Gasteiger partial charge in [-0.1, -0.05) is 6.92 Å². The van der Waals surface area contributed by atoms with Crippen LogP contribution in [0.4, 0.5) is 0 Å². The van der Waals surface area contributed by atoms with Gasteiger partial charge in [-0.05, 0) is 43.7 Å². The summed E-state index contributed by atoms with van der Waals surface area (Å²) in [7, 11) is 3.13. The van der Waals surface area contributed by atoms with Gasteiger partial charge in [0.15, 0.2) is 0 Å². The summed E-state index contributed by atoms with van der Waals surface area (Å²) in [6, 6.07) is 5.42. The first kappa shape index (κ1) is 25.7. The van der Waals surface area contributed by atoms with Gasteiger partial charge in [-0.3, -0.25) is 4.98 Å². The first-order chi connectivity index (χ1) is 17.1. The van der Waals surface area contributed by atoms with Crippen LogP contribution in [-0.4, -0.2) is 83.3 Å². The van der Waals surface area contributed by atoms with Crippen LogP contribution in [0.1, 0.15) is 38.3 Å². The number of likely N-dealkylation sites (tertiary alicyclic amines) is 1. The normalized spacial score (nSPS) is 28.9. The summed E-state index contributed by atoms with van der Waals surface area (Å²) in [5, 5.41) is 11.2. The smallest absolute Gasteiger partial charge is 0.316 e. The predicted molar refractivity (Wildman–Crippen MR) is 127 cm³/mol. The van der Waals surface area contributed by atoms with Crippen LogP contribution in [0.3, 0.4) is 0 Å². The second-order valence-electron chi connectivity index (χ2n) is 9.33. The molecule has 1 aliphatic heterocycles. The molecule has 0 aromatic carbocycles. The number of methoxy groups -OCH3 is 2. The molecule has 0 bridgehead atoms. The Kier molecular flexibility index (Phi) is 8.85. The predicted octanol–water partition coefficient (Wildman–Crippen LogP) is 2.42. The zero-order chi connectivity index (χ0) is 24.7. The van der Waals surface area contributed by atoms with E-state index in [0.717, 1.165) is 30.2 Å². The van der Waals surface area contributed by atoms with Gasteiger partial charge in [0.2, 0.25) is 0 Å². The maximum atomic E-state index is 11.2. The Morgan fingerprint density at radius 1 is 1.06 bits per heavy atom. The Labute approximate surface area is 206 Å². The van der Waals surface area contributed by atoms with E-state index in [4.69, 9.17) is 23.7 Å². The molecule has 2 aromatic rings. The molecule has 2 fully saturated rings. The third-order valence-electron chi connectivity index (χ3n) is 6.86. The average Bonchev–Trinajstić information content (AvgIpc) is 2.88. The van der Waals surface area contributed by atoms with E-state index in [-0.39, 0.29) is 38.3 Å². The van der Waals surface area contributed by atoms with Crippen molar-refractivity contribution in [2.45, 2.75) is 63.0 Å². The van der Waals surface area contributed by atoms with Crippen molar-refractivity contribution in [1.29, 1.82) is 0 Å². The van der Waals surface area contributed by atoms with E-state index in [9.17, 15) is 5.11 Å². The van der Waals surface area contributed by atoms with Gasteiger partial charge in [0.1, 0.15) is 37.7 Å². The summed E-state index contributed by atoms with van der Waals surface area (Å²) in [4.78, 5) is 14.6. The minimum Gasteiger partial charge on any atom is -0.490 e. The molecule has 10 heteroatoms. The van der Waals surface area contributed by atoms with Gasteiger partial charge in [0.05, 0.1) is 12.1 Å². The quantitative estimate of drug-likeness (QED) is 0.448. The Morgan fingerprint density at radius 2 is 1.83 bits per heavy atom. The highest BCUT2D eigenvalue weighted by molar-refractivity contribution is 5.26. The molecule has 2 aliphatic rings. The highest BCUT2D eigenvalue weighted by Gasteiger charge is 2.62. The molecule has 3 heterocycles. The summed E-state index contributed by atoms with van der Waals surface area (Å²) >= 11 is 0. The van der Waals surface area contributed by atoms with Gasteiger partial charge in [-0.2, -0.15) is 0 Å². The van der Waals surface area contributed by atoms with Crippen LogP contribution in [0.2, 0.25) is 0 Å². The van der Waals surface area contributed by atoms with Crippen molar-refractivity contribution >= 4 is 0 Å². The Morgan fingerprint density at radius 3 is 2.54 bits per heavy atom. The van der Waals surface area contributed by atoms with E-state index in [1.54, 1.807) is 43.8 Å². The molecule has 0 radical (unpaired) electrons. The minimum atomic E-state index is -1.03. The first-order valence-electron chi connectivity index (χ1n) is 12.1. The summed E-state index contributed by atoms with van der Waals surface area (Å²) < 4.78 is 28.8. The number of aliphatic hydroxyl groups excluding tert-OH is 1. The second kappa shape index (κ2) is 12.0. The molecular weight excluding hydrogens is 452 g/mol. The largest absolute Gasteiger partial charge is 0.490 e. The van der Waals surface area contributed by atoms with Gasteiger partial charge in [0.25, 0.3) is 0 Å². The van der Waals surface area contributed by atoms with Gasteiger partial charge in [0, 0.05) is 51.0 Å². The minimum absolute atomic E-state index is 0.00662. The van der Waals surface area contributed by atoms with Gasteiger partial charge in [-0.25, -0.2) is 14.9 Å². The first-order valence-corrected chi connectivity index (χ1v) is 12.1. The zero-order valence-corrected chi connectivity index (χ0v) is 20.7. The zero-order valence-electron chi connectivity index (χ0n) is 20.7. The van der Waals surface area contributed by atoms with E-state index < -0.39 is 11.8 Å². The molecule has 0 amide bonds. The molecule has 35 heavy (non-hydrogen) atoms. The van der Waals surface area contributed by atoms with Crippen molar-refractivity contribution in [3.05, 3.63) is 42.5 Å². The molecule has 1 aliphatic carbocycles. The molecular formula is C25H36N4O6. The highest BCUT2D eigenvalue weighted by Crippen LogP contribution is 2.41. The lowest BCUT2D eigenvalue weighted by Crippen LogP contribution is -2.80. The van der Waals surface area contributed by atoms with E-state index >= 15 is 0 Å². The molecule has 1 N–H and O–H groups in total. The molecule has 10 nitrogen and oxygen atoms in total. The molecule has 3 atom stereocenters. The topological polar surface area (TPSA) is 108 Å². The number of ether oxygens (including phenoxy) is 5. The SMILES string of the molecule is COCO[C@@]1(Cc2cc(OC3CCC(C)CC3)ccn2)C(O)N(COC)[C@H]1COc1ncccn1. The summed E-state index contributed by atoms with van der Waals surface area (Å²) in [5.74, 6) is 1.54. The van der Waals surface area contributed by atoms with E-state index in [1.165, 1.54) is 12.8 Å². The fourth-order valence-electron chi connectivity index (χ4n) is 4.93. The lowest BCUT2D eigenvalue weighted by Gasteiger charge is -2.59. The van der Waals surface area contributed by atoms with Crippen molar-refractivity contribution in [1.82, 2.24) is 19.9 Å². The molecule has 4 rings (SSSR count). The fourth-order valence-corrected chi connectivity index (χ4v) is 4.93. The van der Waals surface area contributed by atoms with Gasteiger partial charge >= 0.3 is 6.01 Å². The number of hydrogen-bond acceptors (Lipinski definition) is 10. The van der Waals surface area contributed by atoms with Crippen LogP contribution in [0.5, 0.6) is 11.8 Å². The number of aromatic nitrogens is 3. The average molecular weight is 489 g/mol. The van der Waals surface area contributed by atoms with Crippen molar-refractivity contribution in [3.8, 4) is 11.8 Å². The molecule has 1 saturated heterocycles. The van der Waals surface area contributed by atoms with E-state index in [2.05, 4.69) is 21.9 Å². The molecule has 1 unspecified atom stereocenters. The number of nitrogens with zero attached hydrogens (tertiary/aromatic N) is 4. The maximum Gasteiger partial charge on any atom is 0.316 e. The van der Waals surface area contributed by atoms with Gasteiger partial charge < -0.3 is 28.8 Å². The van der Waals surface area contributed by atoms with Crippen molar-refractivity contribution < 1.29 is 28.8 Å².